The summed E-state index contributed by atoms with van der Waals surface area (Å²) >= 11 is 0. The average Bonchev–Trinajstić information content (AvgIpc) is 2.89. The molecule has 1 atom stereocenters. The van der Waals surface area contributed by atoms with E-state index in [1.807, 2.05) is 25.3 Å². The monoisotopic (exact) mass is 177 g/mol. The molecule has 3 nitrogen and oxygen atoms in total. The number of rotatable bonds is 3. The van der Waals surface area contributed by atoms with Gasteiger partial charge in [-0.05, 0) is 31.4 Å². The van der Waals surface area contributed by atoms with E-state index in [1.165, 1.54) is 12.8 Å². The predicted octanol–water partition coefficient (Wildman–Crippen LogP) is 1.68. The van der Waals surface area contributed by atoms with Gasteiger partial charge in [0.2, 0.25) is 0 Å². The first-order chi connectivity index (χ1) is 6.25. The second-order valence-electron chi connectivity index (χ2n) is 3.68. The van der Waals surface area contributed by atoms with Crippen molar-refractivity contribution in [2.75, 3.05) is 5.32 Å². The van der Waals surface area contributed by atoms with Gasteiger partial charge in [0.25, 0.3) is 0 Å². The van der Waals surface area contributed by atoms with E-state index in [4.69, 9.17) is 5.73 Å². The molecule has 1 saturated carbocycles. The molecular weight excluding hydrogens is 162 g/mol. The Kier molecular flexibility index (Phi) is 2.19. The second-order valence-corrected chi connectivity index (χ2v) is 3.68. The molecule has 0 spiro atoms. The molecule has 1 aromatic heterocycles. The van der Waals surface area contributed by atoms with Crippen LogP contribution in [0.1, 0.15) is 31.4 Å². The zero-order chi connectivity index (χ0) is 9.26. The lowest BCUT2D eigenvalue weighted by molar-refractivity contribution is 0.811. The standard InChI is InChI=1S/C10H15N3/c1-7(11)8-2-5-10(12-6-8)13-9-3-4-9/h2,5-7,9H,3-4,11H2,1H3,(H,12,13)/t7-/m0/s1. The van der Waals surface area contributed by atoms with Crippen LogP contribution in [0.3, 0.4) is 0 Å². The summed E-state index contributed by atoms with van der Waals surface area (Å²) in [7, 11) is 0. The van der Waals surface area contributed by atoms with Gasteiger partial charge in [0.1, 0.15) is 5.82 Å². The van der Waals surface area contributed by atoms with Gasteiger partial charge in [0, 0.05) is 18.3 Å². The minimum absolute atomic E-state index is 0.0717. The molecule has 2 rings (SSSR count). The molecule has 0 amide bonds. The van der Waals surface area contributed by atoms with Crippen LogP contribution in [0.4, 0.5) is 5.82 Å². The van der Waals surface area contributed by atoms with Crippen LogP contribution in [-0.4, -0.2) is 11.0 Å². The van der Waals surface area contributed by atoms with Crippen molar-refractivity contribution in [1.82, 2.24) is 4.98 Å². The maximum absolute atomic E-state index is 5.72. The highest BCUT2D eigenvalue weighted by Gasteiger charge is 2.20. The van der Waals surface area contributed by atoms with Crippen LogP contribution < -0.4 is 11.1 Å². The predicted molar refractivity (Wildman–Crippen MR) is 53.5 cm³/mol. The van der Waals surface area contributed by atoms with E-state index >= 15 is 0 Å². The summed E-state index contributed by atoms with van der Waals surface area (Å²) in [5.41, 5.74) is 6.80. The largest absolute Gasteiger partial charge is 0.367 e. The first-order valence-corrected chi connectivity index (χ1v) is 4.74. The van der Waals surface area contributed by atoms with Crippen LogP contribution in [0.2, 0.25) is 0 Å². The molecule has 0 aromatic carbocycles. The van der Waals surface area contributed by atoms with E-state index in [-0.39, 0.29) is 6.04 Å². The SMILES string of the molecule is C[C@H](N)c1ccc(NC2CC2)nc1. The lowest BCUT2D eigenvalue weighted by atomic mass is 10.1. The molecule has 1 fully saturated rings. The van der Waals surface area contributed by atoms with Crippen molar-refractivity contribution in [2.24, 2.45) is 5.73 Å². The number of pyridine rings is 1. The lowest BCUT2D eigenvalue weighted by Gasteiger charge is -2.06. The van der Waals surface area contributed by atoms with Gasteiger partial charge in [-0.3, -0.25) is 0 Å². The number of nitrogens with zero attached hydrogens (tertiary/aromatic N) is 1. The van der Waals surface area contributed by atoms with Gasteiger partial charge in [0.15, 0.2) is 0 Å². The summed E-state index contributed by atoms with van der Waals surface area (Å²) in [6.45, 7) is 1.96. The number of hydrogen-bond donors (Lipinski definition) is 2. The molecule has 0 saturated heterocycles. The van der Waals surface area contributed by atoms with E-state index in [2.05, 4.69) is 10.3 Å². The molecule has 1 aromatic rings. The fraction of sp³-hybridized carbons (Fsp3) is 0.500. The molecule has 0 unspecified atom stereocenters. The third-order valence-corrected chi connectivity index (χ3v) is 2.24. The van der Waals surface area contributed by atoms with Crippen molar-refractivity contribution < 1.29 is 0 Å². The Hall–Kier alpha value is -1.09. The van der Waals surface area contributed by atoms with Gasteiger partial charge in [-0.25, -0.2) is 4.98 Å². The minimum Gasteiger partial charge on any atom is -0.367 e. The van der Waals surface area contributed by atoms with Gasteiger partial charge in [-0.2, -0.15) is 0 Å². The average molecular weight is 177 g/mol. The van der Waals surface area contributed by atoms with E-state index in [0.29, 0.717) is 6.04 Å². The van der Waals surface area contributed by atoms with Gasteiger partial charge < -0.3 is 11.1 Å². The van der Waals surface area contributed by atoms with Crippen molar-refractivity contribution in [1.29, 1.82) is 0 Å². The molecule has 13 heavy (non-hydrogen) atoms. The molecular formula is C10H15N3. The Balaban J connectivity index is 2.04. The maximum atomic E-state index is 5.72. The topological polar surface area (TPSA) is 50.9 Å². The third kappa shape index (κ3) is 2.18. The first-order valence-electron chi connectivity index (χ1n) is 4.74. The number of hydrogen-bond acceptors (Lipinski definition) is 3. The number of nitrogens with two attached hydrogens (primary N) is 1. The number of anilines is 1. The molecule has 0 bridgehead atoms. The molecule has 3 N–H and O–H groups in total. The highest BCUT2D eigenvalue weighted by Crippen LogP contribution is 2.23. The van der Waals surface area contributed by atoms with E-state index in [1.54, 1.807) is 0 Å². The number of nitrogens with one attached hydrogen (secondary N) is 1. The maximum Gasteiger partial charge on any atom is 0.126 e. The van der Waals surface area contributed by atoms with Crippen LogP contribution >= 0.6 is 0 Å². The zero-order valence-corrected chi connectivity index (χ0v) is 7.83. The van der Waals surface area contributed by atoms with E-state index in [0.717, 1.165) is 11.4 Å². The molecule has 1 aliphatic carbocycles. The smallest absolute Gasteiger partial charge is 0.126 e. The normalized spacial score (nSPS) is 18.3. The molecule has 3 heteroatoms. The van der Waals surface area contributed by atoms with Crippen LogP contribution in [0.5, 0.6) is 0 Å². The van der Waals surface area contributed by atoms with Crippen LogP contribution in [-0.2, 0) is 0 Å². The first kappa shape index (κ1) is 8.51. The van der Waals surface area contributed by atoms with E-state index in [9.17, 15) is 0 Å². The number of aromatic nitrogens is 1. The summed E-state index contributed by atoms with van der Waals surface area (Å²) in [5.74, 6) is 0.965. The van der Waals surface area contributed by atoms with E-state index < -0.39 is 0 Å². The molecule has 0 radical (unpaired) electrons. The zero-order valence-electron chi connectivity index (χ0n) is 7.83. The summed E-state index contributed by atoms with van der Waals surface area (Å²) in [6.07, 6.45) is 4.39. The van der Waals surface area contributed by atoms with Crippen LogP contribution in [0.15, 0.2) is 18.3 Å². The second kappa shape index (κ2) is 3.34. The Morgan fingerprint density at radius 1 is 1.54 bits per heavy atom. The molecule has 70 valence electrons. The molecule has 1 aliphatic rings. The van der Waals surface area contributed by atoms with Crippen molar-refractivity contribution in [3.8, 4) is 0 Å². The van der Waals surface area contributed by atoms with Crippen molar-refractivity contribution >= 4 is 5.82 Å². The lowest BCUT2D eigenvalue weighted by Crippen LogP contribution is -2.07. The van der Waals surface area contributed by atoms with Crippen molar-refractivity contribution in [3.05, 3.63) is 23.9 Å². The van der Waals surface area contributed by atoms with Gasteiger partial charge >= 0.3 is 0 Å². The molecule has 1 heterocycles. The Morgan fingerprint density at radius 3 is 2.77 bits per heavy atom. The highest BCUT2D eigenvalue weighted by molar-refractivity contribution is 5.38. The van der Waals surface area contributed by atoms with Gasteiger partial charge in [0.05, 0.1) is 0 Å². The minimum atomic E-state index is 0.0717. The Labute approximate surface area is 78.4 Å². The third-order valence-electron chi connectivity index (χ3n) is 2.24. The quantitative estimate of drug-likeness (QED) is 0.738. The fourth-order valence-corrected chi connectivity index (χ4v) is 1.20. The van der Waals surface area contributed by atoms with Crippen LogP contribution in [0.25, 0.3) is 0 Å². The summed E-state index contributed by atoms with van der Waals surface area (Å²) in [4.78, 5) is 4.29. The fourth-order valence-electron chi connectivity index (χ4n) is 1.20. The Bertz CT molecular complexity index is 275. The van der Waals surface area contributed by atoms with Gasteiger partial charge in [-0.1, -0.05) is 6.07 Å². The van der Waals surface area contributed by atoms with Crippen molar-refractivity contribution in [3.63, 3.8) is 0 Å². The summed E-state index contributed by atoms with van der Waals surface area (Å²) in [5, 5.41) is 3.33. The van der Waals surface area contributed by atoms with Crippen LogP contribution in [0, 0.1) is 0 Å². The highest BCUT2D eigenvalue weighted by atomic mass is 15.0. The summed E-state index contributed by atoms with van der Waals surface area (Å²) in [6, 6.07) is 4.76. The Morgan fingerprint density at radius 2 is 2.31 bits per heavy atom. The molecule has 0 aliphatic heterocycles. The van der Waals surface area contributed by atoms with Gasteiger partial charge in [-0.15, -0.1) is 0 Å². The van der Waals surface area contributed by atoms with Crippen molar-refractivity contribution in [2.45, 2.75) is 31.8 Å². The summed E-state index contributed by atoms with van der Waals surface area (Å²) < 4.78 is 0.